The van der Waals surface area contributed by atoms with Gasteiger partial charge in [-0.05, 0) is 31.2 Å². The predicted molar refractivity (Wildman–Crippen MR) is 118 cm³/mol. The van der Waals surface area contributed by atoms with Crippen LogP contribution in [0, 0.1) is 11.6 Å². The van der Waals surface area contributed by atoms with Crippen LogP contribution in [0.2, 0.25) is 0 Å². The molecule has 1 atom stereocenters. The molecule has 0 spiro atoms. The quantitative estimate of drug-likeness (QED) is 0.431. The molecule has 0 fully saturated rings. The van der Waals surface area contributed by atoms with Crippen LogP contribution in [0.25, 0.3) is 0 Å². The molecule has 6 nitrogen and oxygen atoms in total. The van der Waals surface area contributed by atoms with E-state index in [1.54, 1.807) is 25.1 Å². The van der Waals surface area contributed by atoms with Crippen molar-refractivity contribution in [1.82, 2.24) is 4.90 Å². The highest BCUT2D eigenvalue weighted by Crippen LogP contribution is 2.42. The van der Waals surface area contributed by atoms with Crippen molar-refractivity contribution in [3.8, 4) is 11.5 Å². The molecule has 174 valence electrons. The monoisotopic (exact) mass is 457 g/mol. The highest BCUT2D eigenvalue weighted by Gasteiger charge is 2.38. The van der Waals surface area contributed by atoms with E-state index in [-0.39, 0.29) is 36.6 Å². The van der Waals surface area contributed by atoms with Crippen molar-refractivity contribution in [3.05, 3.63) is 83.1 Å². The minimum Gasteiger partial charge on any atom is -0.497 e. The van der Waals surface area contributed by atoms with Gasteiger partial charge in [0.25, 0.3) is 0 Å². The Balaban J connectivity index is 2.11. The maximum Gasteiger partial charge on any atom is 0.336 e. The molecular weight excluding hydrogens is 432 g/mol. The molecule has 3 rings (SSSR count). The molecule has 1 heterocycles. The topological polar surface area (TPSA) is 65.1 Å². The van der Waals surface area contributed by atoms with E-state index in [4.69, 9.17) is 14.2 Å². The van der Waals surface area contributed by atoms with Crippen LogP contribution in [-0.2, 0) is 20.9 Å². The van der Waals surface area contributed by atoms with Crippen LogP contribution in [0.4, 0.5) is 8.78 Å². The second-order valence-corrected chi connectivity index (χ2v) is 7.47. The molecule has 33 heavy (non-hydrogen) atoms. The van der Waals surface area contributed by atoms with Gasteiger partial charge in [-0.3, -0.25) is 4.79 Å². The zero-order chi connectivity index (χ0) is 24.1. The van der Waals surface area contributed by atoms with Crippen molar-refractivity contribution in [2.24, 2.45) is 0 Å². The lowest BCUT2D eigenvalue weighted by molar-refractivity contribution is -0.139. The van der Waals surface area contributed by atoms with E-state index in [0.717, 1.165) is 12.1 Å². The maximum absolute atomic E-state index is 14.3. The van der Waals surface area contributed by atoms with Gasteiger partial charge in [-0.25, -0.2) is 13.6 Å². The Kier molecular flexibility index (Phi) is 7.48. The van der Waals surface area contributed by atoms with Gasteiger partial charge in [0.2, 0.25) is 5.91 Å². The minimum atomic E-state index is -0.775. The summed E-state index contributed by atoms with van der Waals surface area (Å²) in [6.07, 6.45) is 1.36. The number of methoxy groups -OCH3 is 2. The number of benzene rings is 2. The predicted octanol–water partition coefficient (Wildman–Crippen LogP) is 4.50. The minimum absolute atomic E-state index is 0.0158. The first kappa shape index (κ1) is 24.0. The van der Waals surface area contributed by atoms with Gasteiger partial charge in [0.15, 0.2) is 0 Å². The van der Waals surface area contributed by atoms with Crippen LogP contribution in [0.5, 0.6) is 11.5 Å². The van der Waals surface area contributed by atoms with E-state index in [2.05, 4.69) is 6.58 Å². The molecule has 2 aromatic rings. The number of allylic oxidation sites excluding steroid dienone is 1. The number of halogens is 2. The van der Waals surface area contributed by atoms with Crippen LogP contribution in [0.1, 0.15) is 30.4 Å². The van der Waals surface area contributed by atoms with E-state index in [0.29, 0.717) is 22.8 Å². The Bertz CT molecular complexity index is 1110. The van der Waals surface area contributed by atoms with Crippen LogP contribution in [0.15, 0.2) is 60.3 Å². The first-order valence-electron chi connectivity index (χ1n) is 10.3. The van der Waals surface area contributed by atoms with Gasteiger partial charge in [0.1, 0.15) is 29.7 Å². The van der Waals surface area contributed by atoms with Gasteiger partial charge in [0, 0.05) is 35.2 Å². The molecule has 0 bridgehead atoms. The van der Waals surface area contributed by atoms with Gasteiger partial charge in [0.05, 0.1) is 26.3 Å². The molecular formula is C25H25F2NO5. The fourth-order valence-corrected chi connectivity index (χ4v) is 3.88. The summed E-state index contributed by atoms with van der Waals surface area (Å²) in [6, 6.07) is 8.27. The third-order valence-corrected chi connectivity index (χ3v) is 5.53. The summed E-state index contributed by atoms with van der Waals surface area (Å²) >= 11 is 0. The molecule has 0 N–H and O–H groups in total. The van der Waals surface area contributed by atoms with Crippen molar-refractivity contribution >= 4 is 11.9 Å². The van der Waals surface area contributed by atoms with E-state index in [1.165, 1.54) is 31.3 Å². The molecule has 2 aromatic carbocycles. The highest BCUT2D eigenvalue weighted by atomic mass is 19.1. The molecule has 1 amide bonds. The first-order chi connectivity index (χ1) is 15.8. The van der Waals surface area contributed by atoms with Gasteiger partial charge in [-0.1, -0.05) is 18.7 Å². The van der Waals surface area contributed by atoms with Crippen molar-refractivity contribution in [2.45, 2.75) is 25.8 Å². The number of amides is 1. The lowest BCUT2D eigenvalue weighted by Crippen LogP contribution is -2.38. The summed E-state index contributed by atoms with van der Waals surface area (Å²) < 4.78 is 43.7. The van der Waals surface area contributed by atoms with E-state index in [9.17, 15) is 18.4 Å². The van der Waals surface area contributed by atoms with Gasteiger partial charge < -0.3 is 19.1 Å². The van der Waals surface area contributed by atoms with E-state index in [1.807, 2.05) is 0 Å². The molecule has 1 aliphatic rings. The van der Waals surface area contributed by atoms with Crippen LogP contribution in [-0.4, -0.2) is 37.6 Å². The summed E-state index contributed by atoms with van der Waals surface area (Å²) in [5, 5.41) is 0. The number of carbonyl (C=O) groups is 2. The summed E-state index contributed by atoms with van der Waals surface area (Å²) in [6.45, 7) is 4.99. The number of rotatable bonds is 8. The lowest BCUT2D eigenvalue weighted by Gasteiger charge is -2.35. The van der Waals surface area contributed by atoms with Gasteiger partial charge in [-0.15, -0.1) is 0 Å². The van der Waals surface area contributed by atoms with Crippen LogP contribution >= 0.6 is 0 Å². The Morgan fingerprint density at radius 1 is 1.18 bits per heavy atom. The molecule has 1 aliphatic heterocycles. The average Bonchev–Trinajstić information content (AvgIpc) is 2.80. The fourth-order valence-electron chi connectivity index (χ4n) is 3.88. The number of nitrogens with zero attached hydrogens (tertiary/aromatic N) is 1. The smallest absolute Gasteiger partial charge is 0.336 e. The molecule has 0 aromatic heterocycles. The maximum atomic E-state index is 14.3. The zero-order valence-electron chi connectivity index (χ0n) is 18.7. The summed E-state index contributed by atoms with van der Waals surface area (Å²) in [5.74, 6) is -2.10. The molecule has 0 saturated carbocycles. The third-order valence-electron chi connectivity index (χ3n) is 5.53. The standard InChI is InChI=1S/C25H25F2NO5/c1-5-10-33-25(30)24-15(2)28(14-16-6-7-17(26)11-21(16)27)23(29)13-20(24)19-12-18(31-3)8-9-22(19)32-4/h5-9,11-12,20H,1,10,13-14H2,2-4H3. The number of hydrogen-bond donors (Lipinski definition) is 0. The SMILES string of the molecule is C=CCOC(=O)C1=C(C)N(Cc2ccc(F)cc2F)C(=O)CC1c1cc(OC)ccc1OC. The van der Waals surface area contributed by atoms with Gasteiger partial charge >= 0.3 is 5.97 Å². The molecule has 0 aliphatic carbocycles. The normalized spacial score (nSPS) is 16.0. The Morgan fingerprint density at radius 3 is 2.58 bits per heavy atom. The lowest BCUT2D eigenvalue weighted by atomic mass is 9.83. The van der Waals surface area contributed by atoms with E-state index < -0.39 is 23.5 Å². The van der Waals surface area contributed by atoms with Gasteiger partial charge in [-0.2, -0.15) is 0 Å². The second-order valence-electron chi connectivity index (χ2n) is 7.47. The molecule has 8 heteroatoms. The summed E-state index contributed by atoms with van der Waals surface area (Å²) in [7, 11) is 3.00. The molecule has 0 saturated heterocycles. The third kappa shape index (κ3) is 5.05. The van der Waals surface area contributed by atoms with Crippen molar-refractivity contribution in [1.29, 1.82) is 0 Å². The molecule has 0 radical (unpaired) electrons. The molecule has 1 unspecified atom stereocenters. The zero-order valence-corrected chi connectivity index (χ0v) is 18.7. The van der Waals surface area contributed by atoms with Crippen molar-refractivity contribution in [2.75, 3.05) is 20.8 Å². The van der Waals surface area contributed by atoms with Crippen LogP contribution < -0.4 is 9.47 Å². The van der Waals surface area contributed by atoms with Crippen molar-refractivity contribution in [3.63, 3.8) is 0 Å². The number of hydrogen-bond acceptors (Lipinski definition) is 5. The number of carbonyl (C=O) groups excluding carboxylic acids is 2. The Labute approximate surface area is 191 Å². The number of ether oxygens (including phenoxy) is 3. The second kappa shape index (κ2) is 10.3. The Morgan fingerprint density at radius 2 is 1.94 bits per heavy atom. The highest BCUT2D eigenvalue weighted by molar-refractivity contribution is 5.96. The Hall–Kier alpha value is -3.68. The summed E-state index contributed by atoms with van der Waals surface area (Å²) in [4.78, 5) is 27.5. The largest absolute Gasteiger partial charge is 0.497 e. The fraction of sp³-hybridized carbons (Fsp3) is 0.280. The first-order valence-corrected chi connectivity index (χ1v) is 10.3. The van der Waals surface area contributed by atoms with Crippen molar-refractivity contribution < 1.29 is 32.6 Å². The van der Waals surface area contributed by atoms with E-state index >= 15 is 0 Å². The average molecular weight is 457 g/mol. The van der Waals surface area contributed by atoms with Crippen LogP contribution in [0.3, 0.4) is 0 Å². The number of esters is 1. The summed E-state index contributed by atoms with van der Waals surface area (Å²) in [5.41, 5.74) is 1.27.